The number of rotatable bonds is 5. The van der Waals surface area contributed by atoms with Gasteiger partial charge in [-0.3, -0.25) is 0 Å². The molecule has 0 bridgehead atoms. The highest BCUT2D eigenvalue weighted by molar-refractivity contribution is 6.32. The number of nitrogens with zero attached hydrogens (tertiary/aromatic N) is 5. The van der Waals surface area contributed by atoms with Gasteiger partial charge in [0, 0.05) is 55.0 Å². The van der Waals surface area contributed by atoms with Crippen molar-refractivity contribution >= 4 is 43.6 Å². The molecule has 5 nitrogen and oxygen atoms in total. The third-order valence-corrected chi connectivity index (χ3v) is 12.3. The highest BCUT2D eigenvalue weighted by Crippen LogP contribution is 2.58. The van der Waals surface area contributed by atoms with Crippen LogP contribution >= 0.6 is 0 Å². The Balaban J connectivity index is 1.17. The molecule has 0 saturated carbocycles. The third-order valence-electron chi connectivity index (χ3n) is 12.3. The van der Waals surface area contributed by atoms with Crippen LogP contribution < -0.4 is 0 Å². The lowest BCUT2D eigenvalue weighted by Gasteiger charge is -2.24. The van der Waals surface area contributed by atoms with Crippen LogP contribution in [0.3, 0.4) is 0 Å². The Hall–Kier alpha value is -7.63. The average molecular weight is 756 g/mol. The second-order valence-electron chi connectivity index (χ2n) is 16.0. The summed E-state index contributed by atoms with van der Waals surface area (Å²) < 4.78 is 5.00. The van der Waals surface area contributed by atoms with Gasteiger partial charge in [0.2, 0.25) is 0 Å². The molecule has 0 atom stereocenters. The summed E-state index contributed by atoms with van der Waals surface area (Å²) in [5.74, 6) is 1.94. The molecule has 278 valence electrons. The van der Waals surface area contributed by atoms with Crippen LogP contribution in [0.2, 0.25) is 0 Å². The van der Waals surface area contributed by atoms with Gasteiger partial charge in [-0.05, 0) is 70.8 Å². The number of hydrogen-bond donors (Lipinski definition) is 0. The quantitative estimate of drug-likeness (QED) is 0.176. The van der Waals surface area contributed by atoms with Crippen molar-refractivity contribution in [3.05, 3.63) is 199 Å². The fraction of sp³-hybridized carbons (Fsp3) is 0.0556. The Morgan fingerprint density at radius 3 is 1.42 bits per heavy atom. The first-order valence-electron chi connectivity index (χ1n) is 20.2. The zero-order valence-corrected chi connectivity index (χ0v) is 32.6. The van der Waals surface area contributed by atoms with Crippen molar-refractivity contribution in [3.63, 3.8) is 0 Å². The largest absolute Gasteiger partial charge is 0.309 e. The van der Waals surface area contributed by atoms with Crippen molar-refractivity contribution in [3.8, 4) is 56.7 Å². The van der Waals surface area contributed by atoms with Gasteiger partial charge in [0.05, 0.1) is 22.1 Å². The minimum absolute atomic E-state index is 0.271. The van der Waals surface area contributed by atoms with Crippen LogP contribution in [0.4, 0.5) is 0 Å². The number of hydrogen-bond acceptors (Lipinski definition) is 3. The molecule has 0 spiro atoms. The first-order chi connectivity index (χ1) is 29.1. The standard InChI is InChI=1S/C54H37N5/c1-54(2)42-27-15-12-24-39(42)45-46-40-25-13-16-28-43(40)58(37-22-10-5-11-23-37)49(46)47-41-26-14-17-29-44(41)59(50(47)48(45)54)38-32-30-36(31-33-38)53-56-51(34-18-6-3-7-19-34)55-52(57-53)35-20-8-4-9-21-35/h3-33H,1-2H3. The lowest BCUT2D eigenvalue weighted by Crippen LogP contribution is -2.16. The molecule has 0 unspecified atom stereocenters. The maximum absolute atomic E-state index is 5.04. The molecule has 0 radical (unpaired) electrons. The number of benzene rings is 8. The molecule has 1 aliphatic carbocycles. The molecule has 3 heterocycles. The van der Waals surface area contributed by atoms with Gasteiger partial charge >= 0.3 is 0 Å². The number of para-hydroxylation sites is 3. The van der Waals surface area contributed by atoms with Crippen LogP contribution in [0.15, 0.2) is 188 Å². The zero-order chi connectivity index (χ0) is 39.2. The van der Waals surface area contributed by atoms with Crippen LogP contribution in [-0.2, 0) is 5.41 Å². The van der Waals surface area contributed by atoms with Gasteiger partial charge in [0.25, 0.3) is 0 Å². The fourth-order valence-electron chi connectivity index (χ4n) is 9.76. The summed E-state index contributed by atoms with van der Waals surface area (Å²) in [5, 5.41) is 5.06. The summed E-state index contributed by atoms with van der Waals surface area (Å²) in [6.07, 6.45) is 0. The van der Waals surface area contributed by atoms with Crippen molar-refractivity contribution in [2.45, 2.75) is 19.3 Å². The lowest BCUT2D eigenvalue weighted by atomic mass is 9.81. The monoisotopic (exact) mass is 755 g/mol. The predicted octanol–water partition coefficient (Wildman–Crippen LogP) is 13.4. The molecule has 0 amide bonds. The molecule has 3 aromatic heterocycles. The zero-order valence-electron chi connectivity index (χ0n) is 32.6. The summed E-state index contributed by atoms with van der Waals surface area (Å²) in [5.41, 5.74) is 15.0. The predicted molar refractivity (Wildman–Crippen MR) is 242 cm³/mol. The maximum atomic E-state index is 5.04. The van der Waals surface area contributed by atoms with E-state index in [1.807, 2.05) is 60.7 Å². The van der Waals surface area contributed by atoms with E-state index in [4.69, 9.17) is 15.0 Å². The van der Waals surface area contributed by atoms with E-state index in [2.05, 4.69) is 150 Å². The van der Waals surface area contributed by atoms with Crippen molar-refractivity contribution < 1.29 is 0 Å². The first kappa shape index (κ1) is 33.5. The summed E-state index contributed by atoms with van der Waals surface area (Å²) in [6, 6.07) is 66.8. The van der Waals surface area contributed by atoms with E-state index >= 15 is 0 Å². The minimum atomic E-state index is -0.271. The van der Waals surface area contributed by atoms with E-state index in [9.17, 15) is 0 Å². The van der Waals surface area contributed by atoms with Crippen LogP contribution in [0, 0.1) is 0 Å². The summed E-state index contributed by atoms with van der Waals surface area (Å²) in [7, 11) is 0. The third kappa shape index (κ3) is 4.88. The molecular weight excluding hydrogens is 719 g/mol. The van der Waals surface area contributed by atoms with E-state index in [1.54, 1.807) is 0 Å². The maximum Gasteiger partial charge on any atom is 0.164 e. The van der Waals surface area contributed by atoms with Gasteiger partial charge in [-0.25, -0.2) is 15.0 Å². The van der Waals surface area contributed by atoms with Gasteiger partial charge in [-0.1, -0.05) is 153 Å². The summed E-state index contributed by atoms with van der Waals surface area (Å²) >= 11 is 0. The van der Waals surface area contributed by atoms with E-state index in [1.165, 1.54) is 65.9 Å². The lowest BCUT2D eigenvalue weighted by molar-refractivity contribution is 0.664. The molecule has 0 saturated heterocycles. The molecule has 8 aromatic carbocycles. The molecule has 5 heteroatoms. The van der Waals surface area contributed by atoms with Gasteiger partial charge in [-0.15, -0.1) is 0 Å². The van der Waals surface area contributed by atoms with Crippen LogP contribution in [0.1, 0.15) is 25.0 Å². The van der Waals surface area contributed by atoms with Crippen LogP contribution in [0.25, 0.3) is 100 Å². The molecule has 0 fully saturated rings. The van der Waals surface area contributed by atoms with E-state index in [-0.39, 0.29) is 5.41 Å². The van der Waals surface area contributed by atoms with Gasteiger partial charge < -0.3 is 9.13 Å². The second-order valence-corrected chi connectivity index (χ2v) is 16.0. The van der Waals surface area contributed by atoms with Crippen molar-refractivity contribution in [1.29, 1.82) is 0 Å². The van der Waals surface area contributed by atoms with E-state index in [0.717, 1.165) is 28.1 Å². The van der Waals surface area contributed by atoms with Crippen molar-refractivity contribution in [1.82, 2.24) is 24.1 Å². The Labute approximate surface area is 341 Å². The van der Waals surface area contributed by atoms with Crippen LogP contribution in [0.5, 0.6) is 0 Å². The van der Waals surface area contributed by atoms with Crippen molar-refractivity contribution in [2.24, 2.45) is 0 Å². The summed E-state index contributed by atoms with van der Waals surface area (Å²) in [4.78, 5) is 15.0. The Morgan fingerprint density at radius 2 is 0.831 bits per heavy atom. The molecule has 59 heavy (non-hydrogen) atoms. The van der Waals surface area contributed by atoms with Crippen LogP contribution in [-0.4, -0.2) is 24.1 Å². The highest BCUT2D eigenvalue weighted by atomic mass is 15.0. The molecular formula is C54H37N5. The Morgan fingerprint density at radius 1 is 0.390 bits per heavy atom. The average Bonchev–Trinajstić information content (AvgIpc) is 3.90. The highest BCUT2D eigenvalue weighted by Gasteiger charge is 2.41. The van der Waals surface area contributed by atoms with Gasteiger partial charge in [-0.2, -0.15) is 0 Å². The molecule has 0 aliphatic heterocycles. The molecule has 0 N–H and O–H groups in total. The van der Waals surface area contributed by atoms with E-state index in [0.29, 0.717) is 17.5 Å². The molecule has 11 aromatic rings. The Bertz CT molecular complexity index is 3380. The van der Waals surface area contributed by atoms with Crippen molar-refractivity contribution in [2.75, 3.05) is 0 Å². The smallest absolute Gasteiger partial charge is 0.164 e. The molecule has 1 aliphatic rings. The minimum Gasteiger partial charge on any atom is -0.309 e. The Kier molecular flexibility index (Phi) is 7.20. The fourth-order valence-corrected chi connectivity index (χ4v) is 9.76. The van der Waals surface area contributed by atoms with Gasteiger partial charge in [0.15, 0.2) is 17.5 Å². The number of fused-ring (bicyclic) bond motifs is 12. The SMILES string of the molecule is CC1(C)c2ccccc2-c2c1c1c(c3ccccc3n1-c1ccc(-c3nc(-c4ccccc4)nc(-c4ccccc4)n3)cc1)c1c2c2ccccc2n1-c1ccccc1. The second kappa shape index (κ2) is 12.7. The number of aromatic nitrogens is 5. The van der Waals surface area contributed by atoms with Gasteiger partial charge in [0.1, 0.15) is 0 Å². The molecule has 12 rings (SSSR count). The van der Waals surface area contributed by atoms with E-state index < -0.39 is 0 Å². The summed E-state index contributed by atoms with van der Waals surface area (Å²) in [6.45, 7) is 4.81. The topological polar surface area (TPSA) is 48.5 Å². The normalized spacial score (nSPS) is 13.1. The first-order valence-corrected chi connectivity index (χ1v) is 20.2.